The number of carbonyl (C=O) groups excluding carboxylic acids is 2. The molecule has 158 valence electrons. The second-order valence-corrected chi connectivity index (χ2v) is 7.73. The van der Waals surface area contributed by atoms with Gasteiger partial charge in [0.05, 0.1) is 24.4 Å². The van der Waals surface area contributed by atoms with Crippen LogP contribution in [0.3, 0.4) is 0 Å². The van der Waals surface area contributed by atoms with Crippen LogP contribution in [0.1, 0.15) is 19.5 Å². The highest BCUT2D eigenvalue weighted by Crippen LogP contribution is 2.31. The van der Waals surface area contributed by atoms with Crippen molar-refractivity contribution in [3.8, 4) is 11.1 Å². The van der Waals surface area contributed by atoms with Crippen LogP contribution < -0.4 is 16.4 Å². The van der Waals surface area contributed by atoms with Gasteiger partial charge in [0, 0.05) is 22.0 Å². The summed E-state index contributed by atoms with van der Waals surface area (Å²) in [5.41, 5.74) is 9.58. The Labute approximate surface area is 183 Å². The smallest absolute Gasteiger partial charge is 0.337 e. The molecule has 0 radical (unpaired) electrons. The number of carbonyl (C=O) groups is 2. The maximum atomic E-state index is 12.2. The first-order valence-electron chi connectivity index (χ1n) is 9.42. The molecule has 0 saturated heterocycles. The number of halogens is 1. The predicted octanol–water partition coefficient (Wildman–Crippen LogP) is 3.16. The molecule has 8 nitrogen and oxygen atoms in total. The second kappa shape index (κ2) is 9.82. The lowest BCUT2D eigenvalue weighted by Crippen LogP contribution is -2.44. The number of ether oxygens (including phenoxy) is 1. The van der Waals surface area contributed by atoms with E-state index in [4.69, 9.17) is 22.1 Å². The van der Waals surface area contributed by atoms with E-state index in [2.05, 4.69) is 20.6 Å². The fourth-order valence-electron chi connectivity index (χ4n) is 2.96. The van der Waals surface area contributed by atoms with Gasteiger partial charge in [0.25, 0.3) is 0 Å². The highest BCUT2D eigenvalue weighted by molar-refractivity contribution is 7.99. The van der Waals surface area contributed by atoms with E-state index in [1.165, 1.54) is 11.8 Å². The van der Waals surface area contributed by atoms with Gasteiger partial charge >= 0.3 is 12.0 Å². The van der Waals surface area contributed by atoms with Gasteiger partial charge in [-0.1, -0.05) is 42.4 Å². The molecule has 0 atom stereocenters. The van der Waals surface area contributed by atoms with Crippen LogP contribution in [0.25, 0.3) is 11.1 Å². The molecule has 1 aromatic heterocycles. The van der Waals surface area contributed by atoms with Gasteiger partial charge in [-0.15, -0.1) is 0 Å². The minimum atomic E-state index is -0.464. The number of amides is 2. The number of nitrogen functional groups attached to an aromatic ring is 1. The zero-order valence-electron chi connectivity index (χ0n) is 16.6. The van der Waals surface area contributed by atoms with Gasteiger partial charge in [-0.25, -0.2) is 19.6 Å². The molecule has 4 N–H and O–H groups in total. The van der Waals surface area contributed by atoms with E-state index in [-0.39, 0.29) is 19.2 Å². The van der Waals surface area contributed by atoms with Gasteiger partial charge < -0.3 is 21.1 Å². The molecule has 0 spiro atoms. The van der Waals surface area contributed by atoms with Gasteiger partial charge in [0.2, 0.25) is 0 Å². The Morgan fingerprint density at radius 1 is 1.27 bits per heavy atom. The molecule has 10 heteroatoms. The fourth-order valence-corrected chi connectivity index (χ4v) is 3.94. The summed E-state index contributed by atoms with van der Waals surface area (Å²) in [6.45, 7) is 4.08. The zero-order valence-corrected chi connectivity index (χ0v) is 18.2. The number of hydrogen-bond donors (Lipinski definition) is 3. The van der Waals surface area contributed by atoms with E-state index >= 15 is 0 Å². The molecule has 1 aliphatic heterocycles. The molecule has 2 heterocycles. The fraction of sp³-hybridized carbons (Fsp3) is 0.300. The van der Waals surface area contributed by atoms with Crippen molar-refractivity contribution in [1.29, 1.82) is 0 Å². The van der Waals surface area contributed by atoms with Crippen molar-refractivity contribution in [3.05, 3.63) is 46.3 Å². The number of esters is 1. The molecule has 0 bridgehead atoms. The predicted molar refractivity (Wildman–Crippen MR) is 117 cm³/mol. The van der Waals surface area contributed by atoms with E-state index < -0.39 is 5.97 Å². The van der Waals surface area contributed by atoms with E-state index in [1.807, 2.05) is 19.1 Å². The molecule has 3 rings (SSSR count). The third-order valence-corrected chi connectivity index (χ3v) is 5.51. The van der Waals surface area contributed by atoms with Gasteiger partial charge in [-0.3, -0.25) is 0 Å². The van der Waals surface area contributed by atoms with Crippen molar-refractivity contribution in [2.75, 3.05) is 24.6 Å². The maximum Gasteiger partial charge on any atom is 0.337 e. The SMILES string of the molecule is CCOC(=O)C1=C(CSc2nc(N)c(-c3ccc(Cl)cc3)c(CC)n2)NC(=O)NC1. The average molecular weight is 448 g/mol. The molecular weight excluding hydrogens is 426 g/mol. The standard InChI is InChI=1S/C20H22ClN5O3S/c1-3-14-16(11-5-7-12(21)8-6-11)17(22)26-20(25-14)30-10-15-13(18(27)29-4-2)9-23-19(28)24-15/h5-8H,3-4,9-10H2,1-2H3,(H2,22,25,26)(H2,23,24,28). The molecule has 0 fully saturated rings. The lowest BCUT2D eigenvalue weighted by molar-refractivity contribution is -0.138. The summed E-state index contributed by atoms with van der Waals surface area (Å²) in [5, 5.41) is 6.35. The molecule has 1 aromatic carbocycles. The Hall–Kier alpha value is -2.78. The maximum absolute atomic E-state index is 12.2. The Balaban J connectivity index is 1.86. The summed E-state index contributed by atoms with van der Waals surface area (Å²) in [6, 6.07) is 6.98. The lowest BCUT2D eigenvalue weighted by atomic mass is 10.0. The van der Waals surface area contributed by atoms with E-state index in [1.54, 1.807) is 19.1 Å². The molecule has 2 amide bonds. The molecule has 0 aliphatic carbocycles. The molecular formula is C20H22ClN5O3S. The number of aryl methyl sites for hydroxylation is 1. The van der Waals surface area contributed by atoms with Crippen molar-refractivity contribution < 1.29 is 14.3 Å². The number of rotatable bonds is 7. The Morgan fingerprint density at radius 2 is 2.00 bits per heavy atom. The molecule has 0 saturated carbocycles. The van der Waals surface area contributed by atoms with Crippen LogP contribution in [0.2, 0.25) is 5.02 Å². The van der Waals surface area contributed by atoms with E-state index in [0.29, 0.717) is 39.4 Å². The second-order valence-electron chi connectivity index (χ2n) is 6.35. The summed E-state index contributed by atoms with van der Waals surface area (Å²) in [4.78, 5) is 32.9. The highest BCUT2D eigenvalue weighted by Gasteiger charge is 2.24. The number of benzene rings is 1. The first-order valence-corrected chi connectivity index (χ1v) is 10.8. The summed E-state index contributed by atoms with van der Waals surface area (Å²) < 4.78 is 5.07. The third kappa shape index (κ3) is 5.03. The average Bonchev–Trinajstić information content (AvgIpc) is 2.73. The summed E-state index contributed by atoms with van der Waals surface area (Å²) in [5.74, 6) is 0.193. The number of urea groups is 1. The van der Waals surface area contributed by atoms with Gasteiger partial charge in [0.1, 0.15) is 5.82 Å². The van der Waals surface area contributed by atoms with Crippen molar-refractivity contribution in [2.45, 2.75) is 25.4 Å². The minimum Gasteiger partial charge on any atom is -0.463 e. The first-order chi connectivity index (χ1) is 14.4. The third-order valence-electron chi connectivity index (χ3n) is 4.38. The van der Waals surface area contributed by atoms with Crippen LogP contribution in [-0.2, 0) is 16.0 Å². The van der Waals surface area contributed by atoms with Crippen molar-refractivity contribution in [2.24, 2.45) is 0 Å². The summed E-state index contributed by atoms with van der Waals surface area (Å²) >= 11 is 7.27. The molecule has 1 aliphatic rings. The molecule has 30 heavy (non-hydrogen) atoms. The Morgan fingerprint density at radius 3 is 2.67 bits per heavy atom. The zero-order chi connectivity index (χ0) is 21.7. The number of aromatic nitrogens is 2. The van der Waals surface area contributed by atoms with Gasteiger partial charge in [0.15, 0.2) is 5.16 Å². The van der Waals surface area contributed by atoms with Crippen LogP contribution >= 0.6 is 23.4 Å². The number of nitrogens with one attached hydrogen (secondary N) is 2. The molecule has 2 aromatic rings. The van der Waals surface area contributed by atoms with Crippen LogP contribution in [-0.4, -0.2) is 40.9 Å². The van der Waals surface area contributed by atoms with E-state index in [9.17, 15) is 9.59 Å². The summed E-state index contributed by atoms with van der Waals surface area (Å²) in [6.07, 6.45) is 0.662. The number of nitrogens with two attached hydrogens (primary N) is 1. The highest BCUT2D eigenvalue weighted by atomic mass is 35.5. The van der Waals surface area contributed by atoms with Crippen LogP contribution in [0.15, 0.2) is 40.7 Å². The monoisotopic (exact) mass is 447 g/mol. The van der Waals surface area contributed by atoms with Crippen LogP contribution in [0.4, 0.5) is 10.6 Å². The lowest BCUT2D eigenvalue weighted by Gasteiger charge is -2.21. The minimum absolute atomic E-state index is 0.110. The van der Waals surface area contributed by atoms with Crippen LogP contribution in [0.5, 0.6) is 0 Å². The van der Waals surface area contributed by atoms with E-state index in [0.717, 1.165) is 16.8 Å². The van der Waals surface area contributed by atoms with Gasteiger partial charge in [-0.05, 0) is 31.0 Å². The van der Waals surface area contributed by atoms with Crippen molar-refractivity contribution >= 4 is 41.2 Å². The number of nitrogens with zero attached hydrogens (tertiary/aromatic N) is 2. The normalized spacial score (nSPS) is 13.6. The number of thioether (sulfide) groups is 1. The first kappa shape index (κ1) is 21.9. The topological polar surface area (TPSA) is 119 Å². The van der Waals surface area contributed by atoms with Crippen molar-refractivity contribution in [3.63, 3.8) is 0 Å². The Kier molecular flexibility index (Phi) is 7.17. The largest absolute Gasteiger partial charge is 0.463 e. The Bertz CT molecular complexity index is 995. The van der Waals surface area contributed by atoms with Crippen molar-refractivity contribution in [1.82, 2.24) is 20.6 Å². The van der Waals surface area contributed by atoms with Crippen LogP contribution in [0, 0.1) is 0 Å². The summed E-state index contributed by atoms with van der Waals surface area (Å²) in [7, 11) is 0. The molecule has 0 unspecified atom stereocenters. The number of hydrogen-bond acceptors (Lipinski definition) is 7. The number of anilines is 1. The quantitative estimate of drug-likeness (QED) is 0.338. The van der Waals surface area contributed by atoms with Gasteiger partial charge in [-0.2, -0.15) is 0 Å².